The van der Waals surface area contributed by atoms with Crippen LogP contribution in [0, 0.1) is 5.92 Å². The molecule has 9 nitrogen and oxygen atoms in total. The van der Waals surface area contributed by atoms with Crippen molar-refractivity contribution in [1.82, 2.24) is 19.4 Å². The van der Waals surface area contributed by atoms with E-state index in [4.69, 9.17) is 0 Å². The van der Waals surface area contributed by atoms with Gasteiger partial charge in [-0.3, -0.25) is 14.5 Å². The van der Waals surface area contributed by atoms with E-state index in [1.54, 1.807) is 24.4 Å². The molecule has 2 aliphatic heterocycles. The molecule has 11 heteroatoms. The van der Waals surface area contributed by atoms with Crippen LogP contribution in [0.5, 0.6) is 0 Å². The second-order valence-corrected chi connectivity index (χ2v) is 10.6. The summed E-state index contributed by atoms with van der Waals surface area (Å²) in [5.74, 6) is -0.570. The molecule has 152 valence electrons. The zero-order valence-corrected chi connectivity index (χ0v) is 17.1. The molecule has 0 radical (unpaired) electrons. The van der Waals surface area contributed by atoms with E-state index in [2.05, 4.69) is 5.32 Å². The summed E-state index contributed by atoms with van der Waals surface area (Å²) in [4.78, 5) is 39.9. The molecule has 0 aromatic carbocycles. The Morgan fingerprint density at radius 2 is 1.93 bits per heavy atom. The second kappa shape index (κ2) is 6.82. The lowest BCUT2D eigenvalue weighted by molar-refractivity contribution is -0.139. The number of hydrogen-bond donors (Lipinski definition) is 1. The minimum absolute atomic E-state index is 0.134. The fraction of sp³-hybridized carbons (Fsp3) is 0.588. The normalized spacial score (nSPS) is 26.6. The van der Waals surface area contributed by atoms with Gasteiger partial charge >= 0.3 is 6.03 Å². The third kappa shape index (κ3) is 3.20. The van der Waals surface area contributed by atoms with Gasteiger partial charge in [-0.15, -0.1) is 11.3 Å². The molecule has 1 aliphatic carbocycles. The highest BCUT2D eigenvalue weighted by atomic mass is 32.2. The quantitative estimate of drug-likeness (QED) is 0.682. The Labute approximate surface area is 167 Å². The molecule has 1 aromatic rings. The lowest BCUT2D eigenvalue weighted by Crippen LogP contribution is -2.53. The number of thiophene rings is 1. The van der Waals surface area contributed by atoms with Crippen molar-refractivity contribution >= 4 is 39.2 Å². The topological polar surface area (TPSA) is 107 Å². The number of sulfonamides is 1. The average Bonchev–Trinajstić information content (AvgIpc) is 3.34. The van der Waals surface area contributed by atoms with Gasteiger partial charge in [0.1, 0.15) is 16.3 Å². The molecule has 3 aliphatic rings. The molecule has 1 saturated carbocycles. The first-order valence-electron chi connectivity index (χ1n) is 9.19. The Balaban J connectivity index is 1.36. The van der Waals surface area contributed by atoms with Crippen LogP contribution >= 0.6 is 11.3 Å². The van der Waals surface area contributed by atoms with Gasteiger partial charge in [0.15, 0.2) is 0 Å². The van der Waals surface area contributed by atoms with Gasteiger partial charge < -0.3 is 10.2 Å². The summed E-state index contributed by atoms with van der Waals surface area (Å²) in [6, 6.07) is 2.71. The van der Waals surface area contributed by atoms with E-state index in [0.29, 0.717) is 0 Å². The zero-order chi connectivity index (χ0) is 20.1. The van der Waals surface area contributed by atoms with E-state index < -0.39 is 21.6 Å². The SMILES string of the molecule is C[C@]1(C2CC2)NC(=O)N(CC(=O)N2CCN(S(=O)(=O)c3cccs3)CC2)C1=O. The number of nitrogens with zero attached hydrogens (tertiary/aromatic N) is 3. The van der Waals surface area contributed by atoms with E-state index in [9.17, 15) is 22.8 Å². The molecule has 4 rings (SSSR count). The minimum atomic E-state index is -3.54. The molecule has 4 amide bonds. The molecule has 1 atom stereocenters. The first-order valence-corrected chi connectivity index (χ1v) is 11.5. The number of amides is 4. The smallest absolute Gasteiger partial charge is 0.325 e. The fourth-order valence-corrected chi connectivity index (χ4v) is 6.31. The highest BCUT2D eigenvalue weighted by molar-refractivity contribution is 7.91. The second-order valence-electron chi connectivity index (χ2n) is 7.52. The van der Waals surface area contributed by atoms with Crippen molar-refractivity contribution < 1.29 is 22.8 Å². The van der Waals surface area contributed by atoms with E-state index >= 15 is 0 Å². The Bertz CT molecular complexity index is 904. The van der Waals surface area contributed by atoms with Crippen molar-refractivity contribution in [2.45, 2.75) is 29.5 Å². The molecule has 0 bridgehead atoms. The van der Waals surface area contributed by atoms with Crippen LogP contribution in [0.25, 0.3) is 0 Å². The summed E-state index contributed by atoms with van der Waals surface area (Å²) >= 11 is 1.16. The fourth-order valence-electron chi connectivity index (χ4n) is 3.75. The molecule has 3 heterocycles. The highest BCUT2D eigenvalue weighted by Gasteiger charge is 2.56. The van der Waals surface area contributed by atoms with E-state index in [-0.39, 0.29) is 54.7 Å². The lowest BCUT2D eigenvalue weighted by atomic mass is 9.96. The van der Waals surface area contributed by atoms with Crippen LogP contribution in [0.1, 0.15) is 19.8 Å². The Kier molecular flexibility index (Phi) is 4.71. The molecule has 3 fully saturated rings. The van der Waals surface area contributed by atoms with Crippen LogP contribution in [-0.2, 0) is 19.6 Å². The van der Waals surface area contributed by atoms with Gasteiger partial charge in [-0.1, -0.05) is 6.07 Å². The molecule has 0 spiro atoms. The Hall–Kier alpha value is -1.98. The maximum Gasteiger partial charge on any atom is 0.325 e. The Morgan fingerprint density at radius 1 is 1.25 bits per heavy atom. The van der Waals surface area contributed by atoms with Crippen molar-refractivity contribution in [2.24, 2.45) is 5.92 Å². The van der Waals surface area contributed by atoms with Crippen molar-refractivity contribution in [3.05, 3.63) is 17.5 Å². The molecule has 1 aromatic heterocycles. The van der Waals surface area contributed by atoms with Gasteiger partial charge in [0.05, 0.1) is 0 Å². The summed E-state index contributed by atoms with van der Waals surface area (Å²) in [6.45, 7) is 2.23. The van der Waals surface area contributed by atoms with Crippen molar-refractivity contribution in [1.29, 1.82) is 0 Å². The number of piperazine rings is 1. The summed E-state index contributed by atoms with van der Waals surface area (Å²) in [7, 11) is -3.54. The van der Waals surface area contributed by atoms with Gasteiger partial charge in [-0.05, 0) is 37.1 Å². The maximum atomic E-state index is 12.6. The van der Waals surface area contributed by atoms with Crippen LogP contribution in [0.4, 0.5) is 4.79 Å². The van der Waals surface area contributed by atoms with Crippen LogP contribution < -0.4 is 5.32 Å². The number of urea groups is 1. The van der Waals surface area contributed by atoms with E-state index in [1.807, 2.05) is 0 Å². The van der Waals surface area contributed by atoms with Crippen LogP contribution in [0.3, 0.4) is 0 Å². The van der Waals surface area contributed by atoms with Gasteiger partial charge in [0, 0.05) is 26.2 Å². The average molecular weight is 427 g/mol. The minimum Gasteiger partial charge on any atom is -0.338 e. The molecular formula is C17H22N4O5S2. The number of carbonyl (C=O) groups is 3. The number of hydrogen-bond acceptors (Lipinski definition) is 6. The van der Waals surface area contributed by atoms with Gasteiger partial charge in [-0.2, -0.15) is 4.31 Å². The van der Waals surface area contributed by atoms with Gasteiger partial charge in [0.2, 0.25) is 5.91 Å². The molecule has 0 unspecified atom stereocenters. The van der Waals surface area contributed by atoms with Crippen molar-refractivity contribution in [3.8, 4) is 0 Å². The van der Waals surface area contributed by atoms with E-state index in [1.165, 1.54) is 9.21 Å². The standard InChI is InChI=1S/C17H22N4O5S2/c1-17(12-4-5-12)15(23)21(16(24)18-17)11-13(22)19-6-8-20(9-7-19)28(25,26)14-3-2-10-27-14/h2-3,10,12H,4-9,11H2,1H3,(H,18,24)/t17-/m1/s1. The predicted octanol–water partition coefficient (Wildman–Crippen LogP) is 0.302. The zero-order valence-electron chi connectivity index (χ0n) is 15.5. The predicted molar refractivity (Wildman–Crippen MR) is 101 cm³/mol. The summed E-state index contributed by atoms with van der Waals surface area (Å²) < 4.78 is 26.8. The molecule has 28 heavy (non-hydrogen) atoms. The lowest BCUT2D eigenvalue weighted by Gasteiger charge is -2.34. The third-order valence-corrected chi connectivity index (χ3v) is 8.94. The highest BCUT2D eigenvalue weighted by Crippen LogP contribution is 2.42. The Morgan fingerprint density at radius 3 is 2.50 bits per heavy atom. The van der Waals surface area contributed by atoms with Crippen LogP contribution in [0.15, 0.2) is 21.7 Å². The van der Waals surface area contributed by atoms with E-state index in [0.717, 1.165) is 29.1 Å². The number of carbonyl (C=O) groups excluding carboxylic acids is 3. The third-order valence-electron chi connectivity index (χ3n) is 5.67. The number of nitrogens with one attached hydrogen (secondary N) is 1. The molecule has 2 saturated heterocycles. The summed E-state index contributed by atoms with van der Waals surface area (Å²) in [6.07, 6.45) is 1.79. The number of rotatable bonds is 5. The van der Waals surface area contributed by atoms with Gasteiger partial charge in [-0.25, -0.2) is 13.2 Å². The summed E-state index contributed by atoms with van der Waals surface area (Å²) in [5, 5.41) is 4.43. The summed E-state index contributed by atoms with van der Waals surface area (Å²) in [5.41, 5.74) is -0.912. The molecular weight excluding hydrogens is 404 g/mol. The van der Waals surface area contributed by atoms with Crippen molar-refractivity contribution in [3.63, 3.8) is 0 Å². The number of imide groups is 1. The van der Waals surface area contributed by atoms with Gasteiger partial charge in [0.25, 0.3) is 15.9 Å². The van der Waals surface area contributed by atoms with Crippen molar-refractivity contribution in [2.75, 3.05) is 32.7 Å². The first-order chi connectivity index (χ1) is 13.2. The monoisotopic (exact) mass is 426 g/mol. The molecule has 1 N–H and O–H groups in total. The van der Waals surface area contributed by atoms with Crippen LogP contribution in [0.2, 0.25) is 0 Å². The largest absolute Gasteiger partial charge is 0.338 e. The first kappa shape index (κ1) is 19.3. The van der Waals surface area contributed by atoms with Crippen LogP contribution in [-0.4, -0.2) is 78.6 Å². The maximum absolute atomic E-state index is 12.6.